The Balaban J connectivity index is 1.57. The third-order valence-electron chi connectivity index (χ3n) is 7.62. The fraction of sp³-hybridized carbons (Fsp3) is 0.773. The van der Waals surface area contributed by atoms with Gasteiger partial charge >= 0.3 is 0 Å². The maximum Gasteiger partial charge on any atom is 0.282 e. The van der Waals surface area contributed by atoms with Gasteiger partial charge in [-0.1, -0.05) is 32.1 Å². The molecule has 4 rings (SSSR count). The molecule has 10 nitrogen and oxygen atoms in total. The Hall–Kier alpha value is -1.12. The number of nitrogens with two attached hydrogens (primary N) is 1. The van der Waals surface area contributed by atoms with Crippen molar-refractivity contribution < 1.29 is 25.3 Å². The lowest BCUT2D eigenvalue weighted by Gasteiger charge is -2.43. The lowest BCUT2D eigenvalue weighted by atomic mass is 9.75. The number of piperidine rings is 1. The average molecular weight is 549 g/mol. The zero-order valence-electron chi connectivity index (χ0n) is 20.0. The van der Waals surface area contributed by atoms with Crippen molar-refractivity contribution in [3.8, 4) is 0 Å². The van der Waals surface area contributed by atoms with Crippen LogP contribution >= 0.6 is 0 Å². The van der Waals surface area contributed by atoms with E-state index in [1.54, 1.807) is 6.07 Å². The highest BCUT2D eigenvalue weighted by molar-refractivity contribution is 7.92. The van der Waals surface area contributed by atoms with Crippen LogP contribution < -0.4 is 5.73 Å². The van der Waals surface area contributed by atoms with E-state index < -0.39 is 29.9 Å². The minimum absolute atomic E-state index is 0.0316. The predicted molar refractivity (Wildman–Crippen MR) is 133 cm³/mol. The van der Waals surface area contributed by atoms with Crippen molar-refractivity contribution in [3.05, 3.63) is 23.9 Å². The molecule has 3 aliphatic rings. The summed E-state index contributed by atoms with van der Waals surface area (Å²) >= 11 is 0. The van der Waals surface area contributed by atoms with Gasteiger partial charge in [-0.25, -0.2) is 21.8 Å². The first-order valence-corrected chi connectivity index (χ1v) is 17.2. The zero-order chi connectivity index (χ0) is 25.3. The van der Waals surface area contributed by atoms with E-state index in [1.807, 2.05) is 0 Å². The normalized spacial score (nSPS) is 27.6. The topological polar surface area (TPSA) is 148 Å². The van der Waals surface area contributed by atoms with Gasteiger partial charge in [-0.15, -0.1) is 0 Å². The molecule has 35 heavy (non-hydrogen) atoms. The fourth-order valence-corrected chi connectivity index (χ4v) is 10.5. The summed E-state index contributed by atoms with van der Waals surface area (Å²) in [7, 11) is -10.9. The van der Waals surface area contributed by atoms with Gasteiger partial charge < -0.3 is 5.73 Å². The molecular weight excluding hydrogens is 512 g/mol. The Bertz CT molecular complexity index is 1200. The van der Waals surface area contributed by atoms with E-state index in [0.717, 1.165) is 25.7 Å². The Kier molecular flexibility index (Phi) is 8.23. The molecule has 0 spiro atoms. The number of hydrogen-bond donors (Lipinski definition) is 1. The molecule has 0 aromatic carbocycles. The number of aromatic nitrogens is 1. The van der Waals surface area contributed by atoms with Crippen LogP contribution in [0.25, 0.3) is 0 Å². The quantitative estimate of drug-likeness (QED) is 0.526. The van der Waals surface area contributed by atoms with Gasteiger partial charge in [-0.2, -0.15) is 17.0 Å². The molecule has 1 aliphatic carbocycles. The van der Waals surface area contributed by atoms with Crippen LogP contribution in [0, 0.1) is 17.8 Å². The number of rotatable bonds is 7. The van der Waals surface area contributed by atoms with Gasteiger partial charge in [0.05, 0.1) is 17.3 Å². The lowest BCUT2D eigenvalue weighted by Crippen LogP contribution is -2.55. The van der Waals surface area contributed by atoms with Crippen molar-refractivity contribution in [2.24, 2.45) is 23.5 Å². The third kappa shape index (κ3) is 6.42. The van der Waals surface area contributed by atoms with Gasteiger partial charge in [0, 0.05) is 38.9 Å². The monoisotopic (exact) mass is 548 g/mol. The largest absolute Gasteiger partial charge is 0.326 e. The summed E-state index contributed by atoms with van der Waals surface area (Å²) in [4.78, 5) is 4.05. The first kappa shape index (κ1) is 26.9. The second-order valence-corrected chi connectivity index (χ2v) is 16.3. The van der Waals surface area contributed by atoms with Crippen molar-refractivity contribution in [1.82, 2.24) is 13.6 Å². The first-order valence-electron chi connectivity index (χ1n) is 12.3. The highest BCUT2D eigenvalue weighted by Gasteiger charge is 2.42. The maximum absolute atomic E-state index is 13.5. The smallest absolute Gasteiger partial charge is 0.282 e. The molecule has 198 valence electrons. The molecule has 0 radical (unpaired) electrons. The SMILES string of the molecule is NCc1ccnc(S(=O)(=O)CC2CC(C3CCCCC3)CN(S(=O)(=O)N3CCS(=O)(=O)CC3)C2)c1. The molecule has 3 fully saturated rings. The van der Waals surface area contributed by atoms with Crippen LogP contribution in [0.3, 0.4) is 0 Å². The highest BCUT2D eigenvalue weighted by Crippen LogP contribution is 2.38. The van der Waals surface area contributed by atoms with Crippen LogP contribution in [-0.4, -0.2) is 82.3 Å². The standard InChI is InChI=1S/C22H36N4O6S3/c23-14-18-6-7-24-22(13-18)34(29,30)17-19-12-21(20-4-2-1-3-5-20)16-26(15-19)35(31,32)25-8-10-33(27,28)11-9-25/h6-7,13,19-21H,1-5,8-12,14-17,23H2. The number of pyridine rings is 1. The summed E-state index contributed by atoms with van der Waals surface area (Å²) in [5.41, 5.74) is 6.34. The van der Waals surface area contributed by atoms with Crippen molar-refractivity contribution in [2.45, 2.75) is 50.1 Å². The zero-order valence-corrected chi connectivity index (χ0v) is 22.4. The number of nitrogens with zero attached hydrogens (tertiary/aromatic N) is 3. The molecule has 2 atom stereocenters. The number of hydrogen-bond acceptors (Lipinski definition) is 8. The van der Waals surface area contributed by atoms with Crippen LogP contribution in [0.4, 0.5) is 0 Å². The molecule has 1 aromatic rings. The van der Waals surface area contributed by atoms with Crippen molar-refractivity contribution >= 4 is 29.9 Å². The summed E-state index contributed by atoms with van der Waals surface area (Å²) < 4.78 is 79.8. The van der Waals surface area contributed by atoms with E-state index in [-0.39, 0.29) is 60.3 Å². The highest BCUT2D eigenvalue weighted by atomic mass is 32.2. The minimum Gasteiger partial charge on any atom is -0.326 e. The van der Waals surface area contributed by atoms with E-state index in [9.17, 15) is 25.3 Å². The van der Waals surface area contributed by atoms with Crippen molar-refractivity contribution in [3.63, 3.8) is 0 Å². The van der Waals surface area contributed by atoms with Gasteiger partial charge in [0.15, 0.2) is 24.7 Å². The van der Waals surface area contributed by atoms with E-state index in [4.69, 9.17) is 5.73 Å². The van der Waals surface area contributed by atoms with Gasteiger partial charge in [-0.3, -0.25) is 0 Å². The lowest BCUT2D eigenvalue weighted by molar-refractivity contribution is 0.128. The molecular formula is C22H36N4O6S3. The maximum atomic E-state index is 13.5. The molecule has 3 heterocycles. The van der Waals surface area contributed by atoms with E-state index in [2.05, 4.69) is 4.98 Å². The Labute approximate surface area is 209 Å². The van der Waals surface area contributed by atoms with E-state index in [0.29, 0.717) is 24.4 Å². The van der Waals surface area contributed by atoms with Gasteiger partial charge in [0.25, 0.3) is 10.2 Å². The molecule has 13 heteroatoms. The molecule has 2 N–H and O–H groups in total. The Morgan fingerprint density at radius 1 is 0.971 bits per heavy atom. The van der Waals surface area contributed by atoms with Crippen LogP contribution in [0.15, 0.2) is 23.4 Å². The van der Waals surface area contributed by atoms with E-state index in [1.165, 1.54) is 27.3 Å². The third-order valence-corrected chi connectivity index (χ3v) is 13.0. The average Bonchev–Trinajstić information content (AvgIpc) is 2.84. The summed E-state index contributed by atoms with van der Waals surface area (Å²) in [5, 5.41) is -0.0316. The second kappa shape index (κ2) is 10.7. The van der Waals surface area contributed by atoms with Gasteiger partial charge in [0.2, 0.25) is 0 Å². The fourth-order valence-electron chi connectivity index (χ4n) is 5.69. The summed E-state index contributed by atoms with van der Waals surface area (Å²) in [6.07, 6.45) is 7.53. The Morgan fingerprint density at radius 2 is 1.66 bits per heavy atom. The van der Waals surface area contributed by atoms with Crippen LogP contribution in [0.5, 0.6) is 0 Å². The molecule has 0 amide bonds. The van der Waals surface area contributed by atoms with Crippen LogP contribution in [0.1, 0.15) is 44.1 Å². The summed E-state index contributed by atoms with van der Waals surface area (Å²) in [5.74, 6) is -0.478. The second-order valence-electron chi connectivity index (χ2n) is 10.1. The first-order chi connectivity index (χ1) is 16.5. The van der Waals surface area contributed by atoms with Gasteiger partial charge in [0.1, 0.15) is 0 Å². The molecule has 2 saturated heterocycles. The summed E-state index contributed by atoms with van der Waals surface area (Å²) in [6.45, 7) is 0.538. The molecule has 2 aliphatic heterocycles. The number of sulfone groups is 2. The van der Waals surface area contributed by atoms with Crippen LogP contribution in [0.2, 0.25) is 0 Å². The molecule has 1 saturated carbocycles. The minimum atomic E-state index is -3.90. The molecule has 0 bridgehead atoms. The molecule has 1 aromatic heterocycles. The molecule has 2 unspecified atom stereocenters. The summed E-state index contributed by atoms with van der Waals surface area (Å²) in [6, 6.07) is 3.16. The van der Waals surface area contributed by atoms with Crippen molar-refractivity contribution in [2.75, 3.05) is 43.4 Å². The van der Waals surface area contributed by atoms with E-state index >= 15 is 0 Å². The predicted octanol–water partition coefficient (Wildman–Crippen LogP) is 0.808. The van der Waals surface area contributed by atoms with Gasteiger partial charge in [-0.05, 0) is 41.9 Å². The van der Waals surface area contributed by atoms with Crippen LogP contribution in [-0.2, 0) is 36.4 Å². The Morgan fingerprint density at radius 3 is 2.31 bits per heavy atom. The van der Waals surface area contributed by atoms with Crippen molar-refractivity contribution in [1.29, 1.82) is 0 Å².